The van der Waals surface area contributed by atoms with Crippen LogP contribution >= 0.6 is 0 Å². The summed E-state index contributed by atoms with van der Waals surface area (Å²) in [6.07, 6.45) is 1.51. The van der Waals surface area contributed by atoms with Gasteiger partial charge in [0.15, 0.2) is 0 Å². The van der Waals surface area contributed by atoms with E-state index < -0.39 is 0 Å². The molecule has 0 saturated heterocycles. The predicted octanol–water partition coefficient (Wildman–Crippen LogP) is 3.63. The van der Waals surface area contributed by atoms with Gasteiger partial charge in [0.25, 0.3) is 0 Å². The van der Waals surface area contributed by atoms with Crippen molar-refractivity contribution in [2.75, 3.05) is 13.7 Å². The van der Waals surface area contributed by atoms with Crippen LogP contribution in [0, 0.1) is 10.8 Å². The molecular formula is C22H28N4O2. The van der Waals surface area contributed by atoms with Crippen LogP contribution in [-0.2, 0) is 6.42 Å². The van der Waals surface area contributed by atoms with Gasteiger partial charge in [0.05, 0.1) is 28.3 Å². The Kier molecular flexibility index (Phi) is 10.2. The molecule has 3 rings (SSSR count). The summed E-state index contributed by atoms with van der Waals surface area (Å²) >= 11 is 0. The minimum absolute atomic E-state index is 0.190. The number of fused-ring (bicyclic) bond motifs is 1. The van der Waals surface area contributed by atoms with Crippen LogP contribution in [0.15, 0.2) is 54.6 Å². The van der Waals surface area contributed by atoms with E-state index in [4.69, 9.17) is 21.0 Å². The molecule has 0 spiro atoms. The quantitative estimate of drug-likeness (QED) is 0.506. The minimum Gasteiger partial charge on any atom is -0.400 e. The number of benzene rings is 1. The van der Waals surface area contributed by atoms with Gasteiger partial charge in [-0.2, -0.15) is 0 Å². The summed E-state index contributed by atoms with van der Waals surface area (Å²) in [4.78, 5) is 8.62. The number of pyridine rings is 2. The van der Waals surface area contributed by atoms with Crippen molar-refractivity contribution in [2.24, 2.45) is 0 Å². The third kappa shape index (κ3) is 7.34. The maximum Gasteiger partial charge on any atom is 0.0842 e. The highest BCUT2D eigenvalue weighted by Crippen LogP contribution is 2.11. The van der Waals surface area contributed by atoms with Crippen molar-refractivity contribution in [3.05, 3.63) is 71.7 Å². The van der Waals surface area contributed by atoms with E-state index >= 15 is 0 Å². The van der Waals surface area contributed by atoms with Gasteiger partial charge in [-0.15, -0.1) is 0 Å². The van der Waals surface area contributed by atoms with Crippen molar-refractivity contribution in [1.82, 2.24) is 9.97 Å². The Hall–Kier alpha value is -2.96. The number of hydrogen-bond donors (Lipinski definition) is 4. The Labute approximate surface area is 165 Å². The zero-order chi connectivity index (χ0) is 20.9. The molecule has 148 valence electrons. The van der Waals surface area contributed by atoms with Gasteiger partial charge in [-0.25, -0.2) is 4.98 Å². The first-order chi connectivity index (χ1) is 13.5. The highest BCUT2D eigenvalue weighted by Gasteiger charge is 1.99. The fraction of sp³-hybridized carbons (Fsp3) is 0.273. The van der Waals surface area contributed by atoms with Crippen LogP contribution in [0.2, 0.25) is 0 Å². The van der Waals surface area contributed by atoms with Crippen LogP contribution in [0.1, 0.15) is 37.4 Å². The van der Waals surface area contributed by atoms with Crippen molar-refractivity contribution < 1.29 is 10.2 Å². The van der Waals surface area contributed by atoms with Crippen LogP contribution in [0.5, 0.6) is 0 Å². The topological polar surface area (TPSA) is 114 Å². The summed E-state index contributed by atoms with van der Waals surface area (Å²) in [6, 6.07) is 17.4. The van der Waals surface area contributed by atoms with Crippen molar-refractivity contribution in [3.63, 3.8) is 0 Å². The van der Waals surface area contributed by atoms with E-state index in [9.17, 15) is 0 Å². The SMILES string of the molecule is CC(=N)c1ccc2ccccc2n1.CC(=N)c1cccc(CCCO)n1.CO. The Balaban J connectivity index is 0.000000257. The second kappa shape index (κ2) is 12.4. The van der Waals surface area contributed by atoms with Crippen LogP contribution in [0.3, 0.4) is 0 Å². The Morgan fingerprint density at radius 2 is 1.46 bits per heavy atom. The summed E-state index contributed by atoms with van der Waals surface area (Å²) in [5.41, 5.74) is 4.34. The molecule has 1 aromatic carbocycles. The lowest BCUT2D eigenvalue weighted by Crippen LogP contribution is -2.00. The van der Waals surface area contributed by atoms with Crippen molar-refractivity contribution in [3.8, 4) is 0 Å². The van der Waals surface area contributed by atoms with Crippen LogP contribution < -0.4 is 0 Å². The summed E-state index contributed by atoms with van der Waals surface area (Å²) in [6.45, 7) is 3.66. The average molecular weight is 380 g/mol. The van der Waals surface area contributed by atoms with Crippen molar-refractivity contribution >= 4 is 22.3 Å². The molecule has 2 heterocycles. The number of aryl methyl sites for hydroxylation is 1. The lowest BCUT2D eigenvalue weighted by atomic mass is 10.2. The molecule has 3 aromatic rings. The highest BCUT2D eigenvalue weighted by molar-refractivity contribution is 5.96. The standard InChI is InChI=1S/C11H10N2.C10H14N2O.CH4O/c1-8(12)10-7-6-9-4-2-3-5-11(9)13-10;1-8(11)10-6-2-4-9(12-10)5-3-7-13;1-2/h2-7,12H,1H3;2,4,6,11,13H,3,5,7H2,1H3;2H,1H3. The largest absolute Gasteiger partial charge is 0.400 e. The summed E-state index contributed by atoms with van der Waals surface area (Å²) < 4.78 is 0. The van der Waals surface area contributed by atoms with Gasteiger partial charge in [0, 0.05) is 24.8 Å². The minimum atomic E-state index is 0.190. The van der Waals surface area contributed by atoms with Gasteiger partial charge < -0.3 is 21.0 Å². The monoisotopic (exact) mass is 380 g/mol. The smallest absolute Gasteiger partial charge is 0.0842 e. The maximum atomic E-state index is 8.64. The Morgan fingerprint density at radius 1 is 0.821 bits per heavy atom. The maximum absolute atomic E-state index is 8.64. The van der Waals surface area contributed by atoms with Crippen molar-refractivity contribution in [1.29, 1.82) is 10.8 Å². The van der Waals surface area contributed by atoms with E-state index in [1.54, 1.807) is 13.8 Å². The molecule has 0 aliphatic heterocycles. The third-order valence-corrected chi connectivity index (χ3v) is 3.76. The first-order valence-corrected chi connectivity index (χ1v) is 8.99. The van der Waals surface area contributed by atoms with Gasteiger partial charge in [-0.1, -0.05) is 30.3 Å². The molecule has 0 unspecified atom stereocenters. The van der Waals surface area contributed by atoms with E-state index in [1.165, 1.54) is 0 Å². The molecule has 6 nitrogen and oxygen atoms in total. The van der Waals surface area contributed by atoms with Gasteiger partial charge in [0.1, 0.15) is 0 Å². The molecule has 0 aliphatic rings. The number of rotatable bonds is 5. The van der Waals surface area contributed by atoms with Gasteiger partial charge in [-0.3, -0.25) is 4.98 Å². The second-order valence-electron chi connectivity index (χ2n) is 5.98. The van der Waals surface area contributed by atoms with E-state index in [0.29, 0.717) is 11.4 Å². The molecule has 0 amide bonds. The first kappa shape index (κ1) is 23.1. The van der Waals surface area contributed by atoms with E-state index in [2.05, 4.69) is 9.97 Å². The lowest BCUT2D eigenvalue weighted by Gasteiger charge is -2.01. The van der Waals surface area contributed by atoms with Crippen LogP contribution in [-0.4, -0.2) is 45.3 Å². The Bertz CT molecular complexity index is 910. The molecule has 0 radical (unpaired) electrons. The van der Waals surface area contributed by atoms with Gasteiger partial charge in [-0.05, 0) is 51.0 Å². The number of aliphatic hydroxyl groups is 2. The molecule has 6 heteroatoms. The molecule has 0 saturated carbocycles. The molecule has 4 N–H and O–H groups in total. The zero-order valence-electron chi connectivity index (χ0n) is 16.6. The zero-order valence-corrected chi connectivity index (χ0v) is 16.6. The molecular weight excluding hydrogens is 352 g/mol. The number of para-hydroxylation sites is 1. The Morgan fingerprint density at radius 3 is 2.11 bits per heavy atom. The average Bonchev–Trinajstić information content (AvgIpc) is 2.74. The fourth-order valence-corrected chi connectivity index (χ4v) is 2.36. The molecule has 0 bridgehead atoms. The van der Waals surface area contributed by atoms with Gasteiger partial charge in [0.2, 0.25) is 0 Å². The highest BCUT2D eigenvalue weighted by atomic mass is 16.3. The summed E-state index contributed by atoms with van der Waals surface area (Å²) in [7, 11) is 1.00. The molecule has 0 atom stereocenters. The lowest BCUT2D eigenvalue weighted by molar-refractivity contribution is 0.288. The van der Waals surface area contributed by atoms with E-state index in [-0.39, 0.29) is 6.61 Å². The van der Waals surface area contributed by atoms with Crippen LogP contribution in [0.4, 0.5) is 0 Å². The van der Waals surface area contributed by atoms with E-state index in [0.717, 1.165) is 47.9 Å². The van der Waals surface area contributed by atoms with Gasteiger partial charge >= 0.3 is 0 Å². The van der Waals surface area contributed by atoms with E-state index in [1.807, 2.05) is 54.6 Å². The summed E-state index contributed by atoms with van der Waals surface area (Å²) in [5.74, 6) is 0. The molecule has 0 fully saturated rings. The second-order valence-corrected chi connectivity index (χ2v) is 5.98. The predicted molar refractivity (Wildman–Crippen MR) is 115 cm³/mol. The third-order valence-electron chi connectivity index (χ3n) is 3.76. The van der Waals surface area contributed by atoms with Crippen LogP contribution in [0.25, 0.3) is 10.9 Å². The first-order valence-electron chi connectivity index (χ1n) is 8.99. The fourth-order valence-electron chi connectivity index (χ4n) is 2.36. The number of nitrogens with zero attached hydrogens (tertiary/aromatic N) is 2. The molecule has 2 aromatic heterocycles. The summed E-state index contributed by atoms with van der Waals surface area (Å²) in [5, 5.41) is 31.6. The normalized spacial score (nSPS) is 9.61. The van der Waals surface area contributed by atoms with Crippen molar-refractivity contribution in [2.45, 2.75) is 26.7 Å². The number of aromatic nitrogens is 2. The molecule has 0 aliphatic carbocycles. The number of aliphatic hydroxyl groups excluding tert-OH is 2. The molecule has 28 heavy (non-hydrogen) atoms. The number of hydrogen-bond acceptors (Lipinski definition) is 6. The number of nitrogens with one attached hydrogen (secondary N) is 2.